The van der Waals surface area contributed by atoms with Crippen molar-refractivity contribution in [3.05, 3.63) is 64.7 Å². The van der Waals surface area contributed by atoms with Gasteiger partial charge in [0.05, 0.1) is 11.4 Å². The van der Waals surface area contributed by atoms with Crippen LogP contribution < -0.4 is 4.90 Å². The highest BCUT2D eigenvalue weighted by Gasteiger charge is 2.30. The van der Waals surface area contributed by atoms with Crippen molar-refractivity contribution in [3.8, 4) is 0 Å². The highest BCUT2D eigenvalue weighted by Crippen LogP contribution is 2.30. The molecule has 0 bridgehead atoms. The SMILES string of the molecule is CC(=O)OC[C@@H]1N=C(c2ccccc2)c2cc(Cl)ccc2N(C)C1=O. The van der Waals surface area contributed by atoms with Crippen molar-refractivity contribution in [2.24, 2.45) is 4.99 Å². The van der Waals surface area contributed by atoms with Gasteiger partial charge in [0, 0.05) is 30.1 Å². The minimum Gasteiger partial charge on any atom is -0.463 e. The zero-order valence-electron chi connectivity index (χ0n) is 13.9. The Balaban J connectivity index is 2.16. The number of anilines is 1. The molecule has 6 heteroatoms. The lowest BCUT2D eigenvalue weighted by atomic mass is 10.0. The standard InChI is InChI=1S/C19H17ClN2O3/c1-12(23)25-11-16-19(24)22(2)17-9-8-14(20)10-15(17)18(21-16)13-6-4-3-5-7-13/h3-10,16H,11H2,1-2H3/t16-/m0/s1. The number of carbonyl (C=O) groups excluding carboxylic acids is 2. The number of amides is 1. The third-order valence-electron chi connectivity index (χ3n) is 3.97. The van der Waals surface area contributed by atoms with Gasteiger partial charge in [0.25, 0.3) is 5.91 Å². The van der Waals surface area contributed by atoms with Crippen LogP contribution in [0.5, 0.6) is 0 Å². The number of ether oxygens (including phenoxy) is 1. The zero-order valence-corrected chi connectivity index (χ0v) is 14.7. The summed E-state index contributed by atoms with van der Waals surface area (Å²) in [7, 11) is 1.68. The molecule has 0 aliphatic carbocycles. The third-order valence-corrected chi connectivity index (χ3v) is 4.20. The van der Waals surface area contributed by atoms with Crippen LogP contribution in [-0.4, -0.2) is 37.3 Å². The number of nitrogens with zero attached hydrogens (tertiary/aromatic N) is 2. The molecule has 25 heavy (non-hydrogen) atoms. The molecule has 0 aromatic heterocycles. The fourth-order valence-corrected chi connectivity index (χ4v) is 2.92. The maximum atomic E-state index is 12.8. The maximum Gasteiger partial charge on any atom is 0.302 e. The van der Waals surface area contributed by atoms with Crippen LogP contribution >= 0.6 is 11.6 Å². The molecule has 2 aromatic rings. The van der Waals surface area contributed by atoms with E-state index in [0.717, 1.165) is 11.1 Å². The topological polar surface area (TPSA) is 59.0 Å². The van der Waals surface area contributed by atoms with Gasteiger partial charge in [0.2, 0.25) is 0 Å². The van der Waals surface area contributed by atoms with Crippen molar-refractivity contribution in [1.29, 1.82) is 0 Å². The first kappa shape index (κ1) is 17.2. The van der Waals surface area contributed by atoms with E-state index in [4.69, 9.17) is 16.3 Å². The van der Waals surface area contributed by atoms with Gasteiger partial charge < -0.3 is 9.64 Å². The van der Waals surface area contributed by atoms with E-state index in [1.165, 1.54) is 11.8 Å². The average Bonchev–Trinajstić information content (AvgIpc) is 2.70. The quantitative estimate of drug-likeness (QED) is 0.794. The van der Waals surface area contributed by atoms with Gasteiger partial charge in [-0.25, -0.2) is 0 Å². The smallest absolute Gasteiger partial charge is 0.302 e. The molecule has 1 aliphatic heterocycles. The Morgan fingerprint density at radius 2 is 1.96 bits per heavy atom. The van der Waals surface area contributed by atoms with E-state index in [1.54, 1.807) is 25.2 Å². The number of carbonyl (C=O) groups is 2. The average molecular weight is 357 g/mol. The van der Waals surface area contributed by atoms with Crippen LogP contribution in [0.25, 0.3) is 0 Å². The van der Waals surface area contributed by atoms with Gasteiger partial charge in [0.1, 0.15) is 6.61 Å². The molecule has 1 heterocycles. The Morgan fingerprint density at radius 1 is 1.24 bits per heavy atom. The monoisotopic (exact) mass is 356 g/mol. The number of likely N-dealkylation sites (N-methyl/N-ethyl adjacent to an activating group) is 1. The lowest BCUT2D eigenvalue weighted by Crippen LogP contribution is -2.37. The first-order valence-electron chi connectivity index (χ1n) is 7.81. The van der Waals surface area contributed by atoms with Crippen molar-refractivity contribution in [3.63, 3.8) is 0 Å². The van der Waals surface area contributed by atoms with Gasteiger partial charge in [-0.3, -0.25) is 14.6 Å². The number of fused-ring (bicyclic) bond motifs is 1. The molecule has 0 radical (unpaired) electrons. The van der Waals surface area contributed by atoms with Gasteiger partial charge in [-0.2, -0.15) is 0 Å². The number of halogens is 1. The van der Waals surface area contributed by atoms with Crippen molar-refractivity contribution >= 4 is 34.9 Å². The van der Waals surface area contributed by atoms with Crippen molar-refractivity contribution in [2.75, 3.05) is 18.6 Å². The molecule has 128 valence electrons. The Labute approximate surface area is 150 Å². The zero-order chi connectivity index (χ0) is 18.0. The lowest BCUT2D eigenvalue weighted by Gasteiger charge is -2.20. The Bertz CT molecular complexity index is 849. The first-order valence-corrected chi connectivity index (χ1v) is 8.19. The fourth-order valence-electron chi connectivity index (χ4n) is 2.74. The molecular weight excluding hydrogens is 340 g/mol. The second-order valence-corrected chi connectivity index (χ2v) is 6.16. The highest BCUT2D eigenvalue weighted by atomic mass is 35.5. The molecule has 0 unspecified atom stereocenters. The Hall–Kier alpha value is -2.66. The fraction of sp³-hybridized carbons (Fsp3) is 0.211. The van der Waals surface area contributed by atoms with E-state index in [-0.39, 0.29) is 12.5 Å². The molecule has 0 spiro atoms. The predicted octanol–water partition coefficient (Wildman–Crippen LogP) is 3.09. The number of benzodiazepines with no additional fused rings is 1. The van der Waals surface area contributed by atoms with E-state index in [9.17, 15) is 9.59 Å². The van der Waals surface area contributed by atoms with Crippen LogP contribution in [0.15, 0.2) is 53.5 Å². The van der Waals surface area contributed by atoms with Crippen molar-refractivity contribution < 1.29 is 14.3 Å². The molecule has 0 saturated heterocycles. The molecule has 0 fully saturated rings. The van der Waals surface area contributed by atoms with Crippen molar-refractivity contribution in [1.82, 2.24) is 0 Å². The van der Waals surface area contributed by atoms with Gasteiger partial charge in [-0.05, 0) is 18.2 Å². The summed E-state index contributed by atoms with van der Waals surface area (Å²) in [4.78, 5) is 30.1. The first-order chi connectivity index (χ1) is 12.0. The number of benzene rings is 2. The Morgan fingerprint density at radius 3 is 2.64 bits per heavy atom. The highest BCUT2D eigenvalue weighted by molar-refractivity contribution is 6.32. The second kappa shape index (κ2) is 7.07. The summed E-state index contributed by atoms with van der Waals surface area (Å²) >= 11 is 6.18. The van der Waals surface area contributed by atoms with E-state index in [2.05, 4.69) is 4.99 Å². The molecule has 0 N–H and O–H groups in total. The normalized spacial score (nSPS) is 16.8. The van der Waals surface area contributed by atoms with E-state index in [0.29, 0.717) is 16.4 Å². The summed E-state index contributed by atoms with van der Waals surface area (Å²) < 4.78 is 5.04. The second-order valence-electron chi connectivity index (χ2n) is 5.72. The van der Waals surface area contributed by atoms with E-state index >= 15 is 0 Å². The molecule has 2 aromatic carbocycles. The summed E-state index contributed by atoms with van der Waals surface area (Å²) in [5.41, 5.74) is 2.98. The number of rotatable bonds is 3. The number of hydrogen-bond donors (Lipinski definition) is 0. The van der Waals surface area contributed by atoms with Crippen LogP contribution in [0.4, 0.5) is 5.69 Å². The van der Waals surface area contributed by atoms with Crippen molar-refractivity contribution in [2.45, 2.75) is 13.0 Å². The van der Waals surface area contributed by atoms with Gasteiger partial charge >= 0.3 is 5.97 Å². The maximum absolute atomic E-state index is 12.8. The van der Waals surface area contributed by atoms with E-state index in [1.807, 2.05) is 30.3 Å². The lowest BCUT2D eigenvalue weighted by molar-refractivity contribution is -0.142. The van der Waals surface area contributed by atoms with Crippen LogP contribution in [0.1, 0.15) is 18.1 Å². The molecule has 1 aliphatic rings. The summed E-state index contributed by atoms with van der Waals surface area (Å²) in [6.45, 7) is 1.21. The Kier molecular flexibility index (Phi) is 4.86. The van der Waals surface area contributed by atoms with Crippen LogP contribution in [-0.2, 0) is 14.3 Å². The van der Waals surface area contributed by atoms with Gasteiger partial charge in [0.15, 0.2) is 6.04 Å². The number of aliphatic imine (C=N–C) groups is 1. The summed E-state index contributed by atoms with van der Waals surface area (Å²) in [5.74, 6) is -0.688. The molecule has 3 rings (SSSR count). The van der Waals surface area contributed by atoms with Crippen LogP contribution in [0.2, 0.25) is 5.02 Å². The summed E-state index contributed by atoms with van der Waals surface area (Å²) in [6.07, 6.45) is 0. The molecule has 0 saturated carbocycles. The largest absolute Gasteiger partial charge is 0.463 e. The predicted molar refractivity (Wildman–Crippen MR) is 97.4 cm³/mol. The van der Waals surface area contributed by atoms with Gasteiger partial charge in [-0.15, -0.1) is 0 Å². The van der Waals surface area contributed by atoms with E-state index < -0.39 is 12.0 Å². The molecule has 5 nitrogen and oxygen atoms in total. The molecule has 1 atom stereocenters. The van der Waals surface area contributed by atoms with Gasteiger partial charge in [-0.1, -0.05) is 41.9 Å². The summed E-state index contributed by atoms with van der Waals surface area (Å²) in [6, 6.07) is 14.1. The summed E-state index contributed by atoms with van der Waals surface area (Å²) in [5, 5.41) is 0.557. The molecular formula is C19H17ClN2O3. The van der Waals surface area contributed by atoms with Crippen LogP contribution in [0, 0.1) is 0 Å². The minimum absolute atomic E-state index is 0.101. The number of hydrogen-bond acceptors (Lipinski definition) is 4. The molecule has 1 amide bonds. The minimum atomic E-state index is -0.810. The third kappa shape index (κ3) is 3.56. The number of esters is 1. The van der Waals surface area contributed by atoms with Crippen LogP contribution in [0.3, 0.4) is 0 Å².